The molecule has 21 heavy (non-hydrogen) atoms. The third-order valence-electron chi connectivity index (χ3n) is 3.00. The quantitative estimate of drug-likeness (QED) is 0.701. The van der Waals surface area contributed by atoms with Gasteiger partial charge >= 0.3 is 0 Å². The van der Waals surface area contributed by atoms with Gasteiger partial charge in [0.2, 0.25) is 0 Å². The van der Waals surface area contributed by atoms with Gasteiger partial charge in [-0.2, -0.15) is 0 Å². The van der Waals surface area contributed by atoms with E-state index in [1.165, 1.54) is 0 Å². The smallest absolute Gasteiger partial charge is 0.194 e. The summed E-state index contributed by atoms with van der Waals surface area (Å²) in [4.78, 5) is 4.33. The van der Waals surface area contributed by atoms with Gasteiger partial charge < -0.3 is 9.73 Å². The summed E-state index contributed by atoms with van der Waals surface area (Å²) in [5.74, 6) is 2.20. The van der Waals surface area contributed by atoms with Crippen LogP contribution < -0.4 is 5.32 Å². The minimum atomic E-state index is 0.676. The number of aromatic nitrogens is 1. The first kappa shape index (κ1) is 16.5. The molecular formula is C16H20BrClN2O. The van der Waals surface area contributed by atoms with Gasteiger partial charge in [0.25, 0.3) is 0 Å². The molecule has 1 heterocycles. The first-order valence-corrected chi connectivity index (χ1v) is 8.33. The highest BCUT2D eigenvalue weighted by molar-refractivity contribution is 9.10. The minimum Gasteiger partial charge on any atom is -0.441 e. The van der Waals surface area contributed by atoms with E-state index in [0.29, 0.717) is 10.9 Å². The third kappa shape index (κ3) is 5.46. The fourth-order valence-corrected chi connectivity index (χ4v) is 2.87. The van der Waals surface area contributed by atoms with E-state index < -0.39 is 0 Å². The van der Waals surface area contributed by atoms with E-state index in [-0.39, 0.29) is 0 Å². The number of aryl methyl sites for hydroxylation is 1. The van der Waals surface area contributed by atoms with Crippen LogP contribution in [-0.4, -0.2) is 18.1 Å². The Labute approximate surface area is 139 Å². The van der Waals surface area contributed by atoms with Crippen molar-refractivity contribution in [2.75, 3.05) is 13.1 Å². The zero-order valence-electron chi connectivity index (χ0n) is 12.3. The number of nitrogens with one attached hydrogen (secondary N) is 1. The predicted octanol–water partition coefficient (Wildman–Crippen LogP) is 4.94. The predicted molar refractivity (Wildman–Crippen MR) is 90.7 cm³/mol. The summed E-state index contributed by atoms with van der Waals surface area (Å²) in [6, 6.07) is 5.70. The second-order valence-corrected chi connectivity index (χ2v) is 6.83. The Bertz CT molecular complexity index is 563. The Hall–Kier alpha value is -0.840. The largest absolute Gasteiger partial charge is 0.441 e. The molecule has 0 unspecified atom stereocenters. The maximum absolute atomic E-state index is 6.05. The monoisotopic (exact) mass is 370 g/mol. The highest BCUT2D eigenvalue weighted by Crippen LogP contribution is 2.28. The van der Waals surface area contributed by atoms with Crippen LogP contribution in [0.5, 0.6) is 0 Å². The fraction of sp³-hybridized carbons (Fsp3) is 0.438. The van der Waals surface area contributed by atoms with Gasteiger partial charge in [-0.25, -0.2) is 4.98 Å². The van der Waals surface area contributed by atoms with Crippen molar-refractivity contribution in [2.45, 2.75) is 26.7 Å². The number of halogens is 2. The molecule has 5 heteroatoms. The van der Waals surface area contributed by atoms with Crippen LogP contribution in [0.3, 0.4) is 0 Å². The van der Waals surface area contributed by atoms with E-state index in [1.807, 2.05) is 18.2 Å². The summed E-state index contributed by atoms with van der Waals surface area (Å²) in [7, 11) is 0. The van der Waals surface area contributed by atoms with Crippen molar-refractivity contribution < 1.29 is 4.42 Å². The molecule has 0 atom stereocenters. The Morgan fingerprint density at radius 3 is 2.86 bits per heavy atom. The van der Waals surface area contributed by atoms with Crippen LogP contribution in [-0.2, 0) is 6.42 Å². The molecule has 0 radical (unpaired) electrons. The summed E-state index contributed by atoms with van der Waals surface area (Å²) < 4.78 is 6.72. The molecule has 0 aliphatic carbocycles. The van der Waals surface area contributed by atoms with Gasteiger partial charge in [0.05, 0.1) is 6.20 Å². The van der Waals surface area contributed by atoms with E-state index >= 15 is 0 Å². The number of hydrogen-bond acceptors (Lipinski definition) is 3. The van der Waals surface area contributed by atoms with Crippen molar-refractivity contribution in [3.63, 3.8) is 0 Å². The molecule has 0 saturated carbocycles. The van der Waals surface area contributed by atoms with Crippen molar-refractivity contribution in [2.24, 2.45) is 5.92 Å². The van der Waals surface area contributed by atoms with Gasteiger partial charge in [0.1, 0.15) is 0 Å². The van der Waals surface area contributed by atoms with Crippen LogP contribution in [0.4, 0.5) is 0 Å². The highest BCUT2D eigenvalue weighted by Gasteiger charge is 2.08. The molecule has 1 aromatic heterocycles. The highest BCUT2D eigenvalue weighted by atomic mass is 79.9. The average molecular weight is 372 g/mol. The number of oxazole rings is 1. The summed E-state index contributed by atoms with van der Waals surface area (Å²) in [6.07, 6.45) is 3.62. The second kappa shape index (κ2) is 7.97. The Kier molecular flexibility index (Phi) is 6.27. The molecule has 0 amide bonds. The van der Waals surface area contributed by atoms with Gasteiger partial charge in [-0.15, -0.1) is 0 Å². The lowest BCUT2D eigenvalue weighted by atomic mass is 10.2. The zero-order valence-corrected chi connectivity index (χ0v) is 14.7. The average Bonchev–Trinajstić information content (AvgIpc) is 2.85. The van der Waals surface area contributed by atoms with Crippen LogP contribution in [0.25, 0.3) is 11.3 Å². The Balaban J connectivity index is 1.89. The number of hydrogen-bond donors (Lipinski definition) is 1. The number of rotatable bonds is 7. The van der Waals surface area contributed by atoms with Gasteiger partial charge in [-0.05, 0) is 43.6 Å². The van der Waals surface area contributed by atoms with Crippen molar-refractivity contribution in [1.29, 1.82) is 0 Å². The second-order valence-electron chi connectivity index (χ2n) is 5.48. The van der Waals surface area contributed by atoms with Gasteiger partial charge in [-0.1, -0.05) is 41.4 Å². The molecule has 0 fully saturated rings. The maximum Gasteiger partial charge on any atom is 0.194 e. The SMILES string of the molecule is CC(C)CNCCCc1ncc(-c2cc(Cl)cc(Br)c2)o1. The fourth-order valence-electron chi connectivity index (χ4n) is 2.01. The van der Waals surface area contributed by atoms with E-state index in [9.17, 15) is 0 Å². The molecule has 114 valence electrons. The Morgan fingerprint density at radius 2 is 2.14 bits per heavy atom. The molecule has 1 aromatic carbocycles. The Morgan fingerprint density at radius 1 is 1.33 bits per heavy atom. The van der Waals surface area contributed by atoms with E-state index in [0.717, 1.165) is 47.6 Å². The van der Waals surface area contributed by atoms with Crippen LogP contribution in [0.15, 0.2) is 33.3 Å². The lowest BCUT2D eigenvalue weighted by Crippen LogP contribution is -2.21. The topological polar surface area (TPSA) is 38.1 Å². The summed E-state index contributed by atoms with van der Waals surface area (Å²) in [5, 5.41) is 4.09. The van der Waals surface area contributed by atoms with Crippen molar-refractivity contribution in [3.05, 3.63) is 39.8 Å². The normalized spacial score (nSPS) is 11.3. The van der Waals surface area contributed by atoms with Gasteiger partial charge in [0, 0.05) is 21.5 Å². The van der Waals surface area contributed by atoms with Crippen LogP contribution in [0.2, 0.25) is 5.02 Å². The van der Waals surface area contributed by atoms with Crippen molar-refractivity contribution in [1.82, 2.24) is 10.3 Å². The van der Waals surface area contributed by atoms with Gasteiger partial charge in [-0.3, -0.25) is 0 Å². The first-order chi connectivity index (χ1) is 10.0. The van der Waals surface area contributed by atoms with E-state index in [4.69, 9.17) is 16.0 Å². The zero-order chi connectivity index (χ0) is 15.2. The molecule has 2 aromatic rings. The molecule has 0 spiro atoms. The minimum absolute atomic E-state index is 0.676. The van der Waals surface area contributed by atoms with E-state index in [2.05, 4.69) is 40.1 Å². The lowest BCUT2D eigenvalue weighted by molar-refractivity contribution is 0.483. The molecule has 0 aliphatic heterocycles. The van der Waals surface area contributed by atoms with Crippen LogP contribution in [0.1, 0.15) is 26.2 Å². The first-order valence-electron chi connectivity index (χ1n) is 7.16. The molecular weight excluding hydrogens is 352 g/mol. The molecule has 0 saturated heterocycles. The molecule has 3 nitrogen and oxygen atoms in total. The summed E-state index contributed by atoms with van der Waals surface area (Å²) in [5.41, 5.74) is 0.936. The van der Waals surface area contributed by atoms with Crippen LogP contribution >= 0.6 is 27.5 Å². The van der Waals surface area contributed by atoms with Crippen LogP contribution in [0, 0.1) is 5.92 Å². The molecule has 2 rings (SSSR count). The molecule has 1 N–H and O–H groups in total. The standard InChI is InChI=1S/C16H20BrClN2O/c1-11(2)9-19-5-3-4-16-20-10-15(21-16)12-6-13(17)8-14(18)7-12/h6-8,10-11,19H,3-5,9H2,1-2H3. The lowest BCUT2D eigenvalue weighted by Gasteiger charge is -2.05. The van der Waals surface area contributed by atoms with Gasteiger partial charge in [0.15, 0.2) is 11.7 Å². The molecule has 0 aliphatic rings. The molecule has 0 bridgehead atoms. The van der Waals surface area contributed by atoms with E-state index in [1.54, 1.807) is 6.20 Å². The number of benzene rings is 1. The number of nitrogens with zero attached hydrogens (tertiary/aromatic N) is 1. The third-order valence-corrected chi connectivity index (χ3v) is 3.67. The summed E-state index contributed by atoms with van der Waals surface area (Å²) >= 11 is 9.48. The maximum atomic E-state index is 6.05. The summed E-state index contributed by atoms with van der Waals surface area (Å²) in [6.45, 7) is 6.44. The van der Waals surface area contributed by atoms with Crippen molar-refractivity contribution in [3.8, 4) is 11.3 Å². The van der Waals surface area contributed by atoms with Crippen molar-refractivity contribution >= 4 is 27.5 Å².